The molecule has 0 heterocycles. The highest BCUT2D eigenvalue weighted by molar-refractivity contribution is 6.39. The van der Waals surface area contributed by atoms with Gasteiger partial charge in [0.05, 0.1) is 0 Å². The Labute approximate surface area is 147 Å². The SMILES string of the molecule is COC(CNC(=O)C(=O)Nc1ccc(F)c(F)c1)c1ccccc1Cl. The fourth-order valence-electron chi connectivity index (χ4n) is 2.08. The van der Waals surface area contributed by atoms with Crippen LogP contribution in [0.4, 0.5) is 14.5 Å². The van der Waals surface area contributed by atoms with Crippen LogP contribution in [0.3, 0.4) is 0 Å². The van der Waals surface area contributed by atoms with Crippen LogP contribution in [0.15, 0.2) is 42.5 Å². The van der Waals surface area contributed by atoms with Crippen LogP contribution in [-0.4, -0.2) is 25.5 Å². The maximum atomic E-state index is 13.1. The highest BCUT2D eigenvalue weighted by Gasteiger charge is 2.19. The van der Waals surface area contributed by atoms with Crippen molar-refractivity contribution in [3.8, 4) is 0 Å². The van der Waals surface area contributed by atoms with E-state index in [4.69, 9.17) is 16.3 Å². The molecule has 0 saturated heterocycles. The minimum atomic E-state index is -1.13. The molecule has 1 unspecified atom stereocenters. The molecule has 2 amide bonds. The standard InChI is InChI=1S/C17H15ClF2N2O3/c1-25-15(11-4-2-3-5-12(11)18)9-21-16(23)17(24)22-10-6-7-13(19)14(20)8-10/h2-8,15H,9H2,1H3,(H,21,23)(H,22,24). The van der Waals surface area contributed by atoms with Crippen molar-refractivity contribution in [1.29, 1.82) is 0 Å². The predicted molar refractivity (Wildman–Crippen MR) is 89.2 cm³/mol. The Hall–Kier alpha value is -2.51. The van der Waals surface area contributed by atoms with Crippen LogP contribution in [0.1, 0.15) is 11.7 Å². The Balaban J connectivity index is 1.95. The van der Waals surface area contributed by atoms with E-state index in [9.17, 15) is 18.4 Å². The maximum Gasteiger partial charge on any atom is 0.313 e. The number of nitrogens with one attached hydrogen (secondary N) is 2. The van der Waals surface area contributed by atoms with Crippen molar-refractivity contribution in [2.24, 2.45) is 0 Å². The molecule has 0 fully saturated rings. The second-order valence-electron chi connectivity index (χ2n) is 5.04. The quantitative estimate of drug-likeness (QED) is 0.797. The smallest absolute Gasteiger partial charge is 0.313 e. The van der Waals surface area contributed by atoms with Gasteiger partial charge in [0.2, 0.25) is 0 Å². The van der Waals surface area contributed by atoms with E-state index in [1.54, 1.807) is 24.3 Å². The molecule has 0 saturated carbocycles. The van der Waals surface area contributed by atoms with Gasteiger partial charge in [-0.1, -0.05) is 29.8 Å². The molecule has 5 nitrogen and oxygen atoms in total. The summed E-state index contributed by atoms with van der Waals surface area (Å²) >= 11 is 6.07. The van der Waals surface area contributed by atoms with Crippen LogP contribution >= 0.6 is 11.6 Å². The maximum absolute atomic E-state index is 13.1. The molecule has 0 aromatic heterocycles. The lowest BCUT2D eigenvalue weighted by Crippen LogP contribution is -2.38. The number of rotatable bonds is 5. The molecular weight excluding hydrogens is 354 g/mol. The zero-order valence-corrected chi connectivity index (χ0v) is 13.9. The number of carbonyl (C=O) groups is 2. The van der Waals surface area contributed by atoms with Crippen molar-refractivity contribution >= 4 is 29.1 Å². The van der Waals surface area contributed by atoms with Crippen LogP contribution in [0.2, 0.25) is 5.02 Å². The summed E-state index contributed by atoms with van der Waals surface area (Å²) in [5.41, 5.74) is 0.626. The Morgan fingerprint density at radius 1 is 1.12 bits per heavy atom. The Morgan fingerprint density at radius 3 is 2.48 bits per heavy atom. The van der Waals surface area contributed by atoms with Gasteiger partial charge >= 0.3 is 11.8 Å². The molecule has 2 aromatic rings. The Kier molecular flexibility index (Phi) is 6.44. The molecule has 0 aliphatic heterocycles. The molecule has 0 radical (unpaired) electrons. The van der Waals surface area contributed by atoms with Crippen LogP contribution < -0.4 is 10.6 Å². The van der Waals surface area contributed by atoms with Gasteiger partial charge in [-0.2, -0.15) is 0 Å². The molecule has 1 atom stereocenters. The molecule has 0 aliphatic rings. The van der Waals surface area contributed by atoms with Crippen molar-refractivity contribution in [3.05, 3.63) is 64.7 Å². The zero-order chi connectivity index (χ0) is 18.4. The number of anilines is 1. The van der Waals surface area contributed by atoms with Gasteiger partial charge in [-0.05, 0) is 18.2 Å². The molecular formula is C17H15ClF2N2O3. The lowest BCUT2D eigenvalue weighted by molar-refractivity contribution is -0.136. The van der Waals surface area contributed by atoms with E-state index >= 15 is 0 Å². The molecule has 0 aliphatic carbocycles. The van der Waals surface area contributed by atoms with Crippen molar-refractivity contribution in [3.63, 3.8) is 0 Å². The van der Waals surface area contributed by atoms with Gasteiger partial charge in [0, 0.05) is 36.0 Å². The molecule has 0 bridgehead atoms. The number of carbonyl (C=O) groups excluding carboxylic acids is 2. The summed E-state index contributed by atoms with van der Waals surface area (Å²) < 4.78 is 31.2. The van der Waals surface area contributed by atoms with Gasteiger partial charge < -0.3 is 15.4 Å². The highest BCUT2D eigenvalue weighted by Crippen LogP contribution is 2.24. The first kappa shape index (κ1) is 18.8. The topological polar surface area (TPSA) is 67.4 Å². The van der Waals surface area contributed by atoms with Crippen LogP contribution in [0.25, 0.3) is 0 Å². The molecule has 2 rings (SSSR count). The van der Waals surface area contributed by atoms with E-state index < -0.39 is 29.6 Å². The summed E-state index contributed by atoms with van der Waals surface area (Å²) in [4.78, 5) is 23.7. The minimum Gasteiger partial charge on any atom is -0.375 e. The summed E-state index contributed by atoms with van der Waals surface area (Å²) in [5, 5.41) is 5.05. The first-order valence-electron chi connectivity index (χ1n) is 7.24. The summed E-state index contributed by atoms with van der Waals surface area (Å²) in [7, 11) is 1.45. The van der Waals surface area contributed by atoms with E-state index in [1.807, 2.05) is 0 Å². The average molecular weight is 369 g/mol. The van der Waals surface area contributed by atoms with E-state index in [-0.39, 0.29) is 12.2 Å². The number of ether oxygens (including phenoxy) is 1. The zero-order valence-electron chi connectivity index (χ0n) is 13.2. The summed E-state index contributed by atoms with van der Waals surface area (Å²) in [6.45, 7) is 0.00423. The van der Waals surface area contributed by atoms with E-state index in [0.717, 1.165) is 18.2 Å². The third-order valence-corrected chi connectivity index (χ3v) is 3.71. The lowest BCUT2D eigenvalue weighted by Gasteiger charge is -2.17. The van der Waals surface area contributed by atoms with Crippen molar-refractivity contribution in [1.82, 2.24) is 5.32 Å². The normalized spacial score (nSPS) is 11.7. The average Bonchev–Trinajstić information content (AvgIpc) is 2.59. The van der Waals surface area contributed by atoms with Gasteiger partial charge in [-0.15, -0.1) is 0 Å². The lowest BCUT2D eigenvalue weighted by atomic mass is 10.1. The first-order chi connectivity index (χ1) is 11.9. The third kappa shape index (κ3) is 4.98. The van der Waals surface area contributed by atoms with E-state index in [1.165, 1.54) is 7.11 Å². The van der Waals surface area contributed by atoms with Gasteiger partial charge in [0.25, 0.3) is 0 Å². The highest BCUT2D eigenvalue weighted by atomic mass is 35.5. The van der Waals surface area contributed by atoms with Gasteiger partial charge in [-0.25, -0.2) is 8.78 Å². The molecule has 8 heteroatoms. The van der Waals surface area contributed by atoms with E-state index in [0.29, 0.717) is 10.6 Å². The number of hydrogen-bond donors (Lipinski definition) is 2. The molecule has 25 heavy (non-hydrogen) atoms. The minimum absolute atomic E-state index is 0.00423. The molecule has 0 spiro atoms. The monoisotopic (exact) mass is 368 g/mol. The second kappa shape index (κ2) is 8.55. The molecule has 2 N–H and O–H groups in total. The largest absolute Gasteiger partial charge is 0.375 e. The fourth-order valence-corrected chi connectivity index (χ4v) is 2.34. The van der Waals surface area contributed by atoms with Crippen LogP contribution in [-0.2, 0) is 14.3 Å². The summed E-state index contributed by atoms with van der Waals surface area (Å²) in [6.07, 6.45) is -0.547. The third-order valence-electron chi connectivity index (χ3n) is 3.37. The number of halogens is 3. The summed E-state index contributed by atoms with van der Waals surface area (Å²) in [6, 6.07) is 9.72. The Bertz CT molecular complexity index is 786. The van der Waals surface area contributed by atoms with Crippen molar-refractivity contribution < 1.29 is 23.1 Å². The van der Waals surface area contributed by atoms with Crippen LogP contribution in [0, 0.1) is 11.6 Å². The van der Waals surface area contributed by atoms with Gasteiger partial charge in [-0.3, -0.25) is 9.59 Å². The van der Waals surface area contributed by atoms with E-state index in [2.05, 4.69) is 10.6 Å². The number of methoxy groups -OCH3 is 1. The Morgan fingerprint density at radius 2 is 1.84 bits per heavy atom. The predicted octanol–water partition coefficient (Wildman–Crippen LogP) is 3.06. The fraction of sp³-hybridized carbons (Fsp3) is 0.176. The van der Waals surface area contributed by atoms with Crippen molar-refractivity contribution in [2.75, 3.05) is 19.0 Å². The van der Waals surface area contributed by atoms with Gasteiger partial charge in [0.1, 0.15) is 6.10 Å². The van der Waals surface area contributed by atoms with Gasteiger partial charge in [0.15, 0.2) is 11.6 Å². The van der Waals surface area contributed by atoms with Crippen molar-refractivity contribution in [2.45, 2.75) is 6.10 Å². The summed E-state index contributed by atoms with van der Waals surface area (Å²) in [5.74, 6) is -4.14. The van der Waals surface area contributed by atoms with Crippen LogP contribution in [0.5, 0.6) is 0 Å². The number of benzene rings is 2. The number of amides is 2. The first-order valence-corrected chi connectivity index (χ1v) is 7.61. The molecule has 2 aromatic carbocycles. The number of hydrogen-bond acceptors (Lipinski definition) is 3. The molecule has 132 valence electrons. The second-order valence-corrected chi connectivity index (χ2v) is 5.45.